The Morgan fingerprint density at radius 1 is 1.07 bits per heavy atom. The maximum atomic E-state index is 12.4. The second-order valence-corrected chi connectivity index (χ2v) is 7.06. The number of hydrogen-bond acceptors (Lipinski definition) is 4. The SMILES string of the molecule is Cc1ccc(NC(=O)CSC(C)C(=O)Nc2ccccc2OC(F)F)cc1. The first-order chi connectivity index (χ1) is 12.8. The van der Waals surface area contributed by atoms with E-state index in [-0.39, 0.29) is 23.1 Å². The quantitative estimate of drug-likeness (QED) is 0.701. The Kier molecular flexibility index (Phi) is 7.60. The molecule has 1 unspecified atom stereocenters. The molecule has 0 saturated carbocycles. The van der Waals surface area contributed by atoms with E-state index in [9.17, 15) is 18.4 Å². The summed E-state index contributed by atoms with van der Waals surface area (Å²) in [5, 5.41) is 4.73. The predicted molar refractivity (Wildman–Crippen MR) is 103 cm³/mol. The molecule has 2 amide bonds. The van der Waals surface area contributed by atoms with Crippen LogP contribution in [0, 0.1) is 6.92 Å². The summed E-state index contributed by atoms with van der Waals surface area (Å²) < 4.78 is 29.2. The number of rotatable bonds is 8. The van der Waals surface area contributed by atoms with Crippen molar-refractivity contribution in [3.05, 3.63) is 54.1 Å². The molecule has 0 fully saturated rings. The van der Waals surface area contributed by atoms with Gasteiger partial charge in [-0.1, -0.05) is 29.8 Å². The van der Waals surface area contributed by atoms with Crippen molar-refractivity contribution in [3.63, 3.8) is 0 Å². The third-order valence-electron chi connectivity index (χ3n) is 3.53. The molecule has 0 aliphatic carbocycles. The number of carbonyl (C=O) groups excluding carboxylic acids is 2. The molecule has 0 aliphatic rings. The Balaban J connectivity index is 1.85. The monoisotopic (exact) mass is 394 g/mol. The van der Waals surface area contributed by atoms with E-state index in [1.54, 1.807) is 25.1 Å². The van der Waals surface area contributed by atoms with E-state index in [0.29, 0.717) is 5.69 Å². The molecule has 2 rings (SSSR count). The van der Waals surface area contributed by atoms with Gasteiger partial charge in [-0.25, -0.2) is 0 Å². The summed E-state index contributed by atoms with van der Waals surface area (Å²) in [7, 11) is 0. The van der Waals surface area contributed by atoms with Gasteiger partial charge < -0.3 is 15.4 Å². The summed E-state index contributed by atoms with van der Waals surface area (Å²) in [6.45, 7) is 0.599. The van der Waals surface area contributed by atoms with Gasteiger partial charge in [-0.15, -0.1) is 11.8 Å². The van der Waals surface area contributed by atoms with Crippen molar-refractivity contribution in [2.45, 2.75) is 25.7 Å². The lowest BCUT2D eigenvalue weighted by Crippen LogP contribution is -2.25. The van der Waals surface area contributed by atoms with Crippen molar-refractivity contribution in [2.24, 2.45) is 0 Å². The lowest BCUT2D eigenvalue weighted by molar-refractivity contribution is -0.115. The number of thioether (sulfide) groups is 1. The zero-order valence-electron chi connectivity index (χ0n) is 14.9. The Labute approximate surface area is 160 Å². The van der Waals surface area contributed by atoms with Gasteiger partial charge in [0.05, 0.1) is 16.7 Å². The third-order valence-corrected chi connectivity index (χ3v) is 4.67. The first-order valence-corrected chi connectivity index (χ1v) is 9.23. The molecular formula is C19H20F2N2O3S. The fraction of sp³-hybridized carbons (Fsp3) is 0.263. The predicted octanol–water partition coefficient (Wildman–Crippen LogP) is 4.30. The topological polar surface area (TPSA) is 67.4 Å². The number of halogens is 2. The minimum Gasteiger partial charge on any atom is -0.433 e. The van der Waals surface area contributed by atoms with Crippen LogP contribution in [0.15, 0.2) is 48.5 Å². The zero-order chi connectivity index (χ0) is 19.8. The number of aryl methyl sites for hydroxylation is 1. The van der Waals surface area contributed by atoms with Crippen LogP contribution in [0.1, 0.15) is 12.5 Å². The maximum absolute atomic E-state index is 12.4. The second-order valence-electron chi connectivity index (χ2n) is 5.73. The molecule has 0 heterocycles. The normalized spacial score (nSPS) is 11.7. The standard InChI is InChI=1S/C19H20F2N2O3S/c1-12-7-9-14(10-8-12)22-17(24)11-27-13(2)18(25)23-15-5-3-4-6-16(15)26-19(20)21/h3-10,13,19H,11H2,1-2H3,(H,22,24)(H,23,25). The number of ether oxygens (including phenoxy) is 1. The summed E-state index contributed by atoms with van der Waals surface area (Å²) in [5.41, 5.74) is 1.92. The number of benzene rings is 2. The van der Waals surface area contributed by atoms with Gasteiger partial charge in [-0.05, 0) is 38.1 Å². The van der Waals surface area contributed by atoms with Crippen LogP contribution in [0.5, 0.6) is 5.75 Å². The number of carbonyl (C=O) groups is 2. The van der Waals surface area contributed by atoms with Crippen molar-refractivity contribution in [2.75, 3.05) is 16.4 Å². The molecule has 1 atom stereocenters. The Morgan fingerprint density at radius 2 is 1.74 bits per heavy atom. The minimum atomic E-state index is -2.99. The fourth-order valence-corrected chi connectivity index (χ4v) is 2.80. The minimum absolute atomic E-state index is 0.0810. The maximum Gasteiger partial charge on any atom is 0.387 e. The lowest BCUT2D eigenvalue weighted by atomic mass is 10.2. The number of hydrogen-bond donors (Lipinski definition) is 2. The van der Waals surface area contributed by atoms with E-state index in [4.69, 9.17) is 0 Å². The number of alkyl halides is 2. The number of nitrogens with one attached hydrogen (secondary N) is 2. The summed E-state index contributed by atoms with van der Waals surface area (Å²) in [6, 6.07) is 13.3. The molecule has 0 aromatic heterocycles. The van der Waals surface area contributed by atoms with Gasteiger partial charge in [-0.2, -0.15) is 8.78 Å². The summed E-state index contributed by atoms with van der Waals surface area (Å²) in [5.74, 6) is -0.675. The highest BCUT2D eigenvalue weighted by Crippen LogP contribution is 2.26. The van der Waals surface area contributed by atoms with E-state index < -0.39 is 17.8 Å². The van der Waals surface area contributed by atoms with Crippen LogP contribution in [0.3, 0.4) is 0 Å². The van der Waals surface area contributed by atoms with Crippen molar-refractivity contribution in [3.8, 4) is 5.75 Å². The Hall–Kier alpha value is -2.61. The molecule has 0 aliphatic heterocycles. The van der Waals surface area contributed by atoms with Gasteiger partial charge in [0.25, 0.3) is 0 Å². The van der Waals surface area contributed by atoms with Crippen molar-refractivity contribution >= 4 is 35.0 Å². The first-order valence-electron chi connectivity index (χ1n) is 8.18. The van der Waals surface area contributed by atoms with Crippen molar-refractivity contribution in [1.29, 1.82) is 0 Å². The second kappa shape index (κ2) is 9.91. The van der Waals surface area contributed by atoms with Gasteiger partial charge in [0.2, 0.25) is 11.8 Å². The molecule has 2 N–H and O–H groups in total. The van der Waals surface area contributed by atoms with E-state index in [1.165, 1.54) is 18.2 Å². The van der Waals surface area contributed by atoms with E-state index >= 15 is 0 Å². The van der Waals surface area contributed by atoms with Crippen LogP contribution in [-0.2, 0) is 9.59 Å². The number of amides is 2. The molecule has 144 valence electrons. The van der Waals surface area contributed by atoms with Gasteiger partial charge in [0.15, 0.2) is 0 Å². The summed E-state index contributed by atoms with van der Waals surface area (Å²) >= 11 is 1.14. The summed E-state index contributed by atoms with van der Waals surface area (Å²) in [4.78, 5) is 24.2. The molecule has 2 aromatic rings. The van der Waals surface area contributed by atoms with Crippen LogP contribution in [0.4, 0.5) is 20.2 Å². The molecule has 0 radical (unpaired) electrons. The zero-order valence-corrected chi connectivity index (χ0v) is 15.7. The van der Waals surface area contributed by atoms with Crippen molar-refractivity contribution < 1.29 is 23.1 Å². The third kappa shape index (κ3) is 6.90. The van der Waals surface area contributed by atoms with Gasteiger partial charge in [-0.3, -0.25) is 9.59 Å². The van der Waals surface area contributed by atoms with Crippen LogP contribution in [0.2, 0.25) is 0 Å². The largest absolute Gasteiger partial charge is 0.433 e. The van der Waals surface area contributed by atoms with E-state index in [0.717, 1.165) is 17.3 Å². The first kappa shape index (κ1) is 20.7. The smallest absolute Gasteiger partial charge is 0.387 e. The molecule has 0 bridgehead atoms. The van der Waals surface area contributed by atoms with E-state index in [1.807, 2.05) is 19.1 Å². The Morgan fingerprint density at radius 3 is 2.41 bits per heavy atom. The van der Waals surface area contributed by atoms with E-state index in [2.05, 4.69) is 15.4 Å². The van der Waals surface area contributed by atoms with Crippen LogP contribution >= 0.6 is 11.8 Å². The fourth-order valence-electron chi connectivity index (χ4n) is 2.11. The average molecular weight is 394 g/mol. The molecule has 0 saturated heterocycles. The van der Waals surface area contributed by atoms with Crippen LogP contribution < -0.4 is 15.4 Å². The number of para-hydroxylation sites is 2. The highest BCUT2D eigenvalue weighted by Gasteiger charge is 2.18. The molecule has 5 nitrogen and oxygen atoms in total. The highest BCUT2D eigenvalue weighted by atomic mass is 32.2. The molecule has 2 aromatic carbocycles. The van der Waals surface area contributed by atoms with Gasteiger partial charge >= 0.3 is 6.61 Å². The van der Waals surface area contributed by atoms with Crippen molar-refractivity contribution in [1.82, 2.24) is 0 Å². The van der Waals surface area contributed by atoms with Gasteiger partial charge in [0.1, 0.15) is 5.75 Å². The Bertz CT molecular complexity index is 785. The molecule has 27 heavy (non-hydrogen) atoms. The summed E-state index contributed by atoms with van der Waals surface area (Å²) in [6.07, 6.45) is 0. The van der Waals surface area contributed by atoms with Crippen LogP contribution in [0.25, 0.3) is 0 Å². The average Bonchev–Trinajstić information content (AvgIpc) is 2.62. The van der Waals surface area contributed by atoms with Gasteiger partial charge in [0, 0.05) is 5.69 Å². The lowest BCUT2D eigenvalue weighted by Gasteiger charge is -2.15. The van der Waals surface area contributed by atoms with Crippen LogP contribution in [-0.4, -0.2) is 29.4 Å². The molecule has 8 heteroatoms. The highest BCUT2D eigenvalue weighted by molar-refractivity contribution is 8.01. The molecule has 0 spiro atoms. The number of anilines is 2. The molecular weight excluding hydrogens is 374 g/mol.